The third kappa shape index (κ3) is 16.0. The molecule has 13 heteroatoms. The number of methoxy groups -OCH3 is 1. The quantitative estimate of drug-likeness (QED) is 0.0293. The Balaban J connectivity index is 4.44. The molecule has 0 fully saturated rings. The second kappa shape index (κ2) is 19.0. The lowest BCUT2D eigenvalue weighted by Gasteiger charge is -2.21. The van der Waals surface area contributed by atoms with Gasteiger partial charge in [-0.15, -0.1) is 0 Å². The zero-order valence-electron chi connectivity index (χ0n) is 19.3. The second-order valence-electron chi connectivity index (χ2n) is 7.33. The Morgan fingerprint density at radius 1 is 1.06 bits per heavy atom. The number of rotatable bonds is 21. The van der Waals surface area contributed by atoms with Crippen molar-refractivity contribution in [2.75, 3.05) is 33.7 Å². The minimum Gasteiger partial charge on any atom is -0.377 e. The Labute approximate surface area is 194 Å². The Bertz CT molecular complexity index is 670. The molecule has 0 aromatic carbocycles. The van der Waals surface area contributed by atoms with Crippen molar-refractivity contribution in [2.24, 2.45) is 5.11 Å². The van der Waals surface area contributed by atoms with Gasteiger partial charge in [-0.05, 0) is 12.0 Å². The molecule has 0 saturated heterocycles. The number of azide groups is 1. The fourth-order valence-electron chi connectivity index (χ4n) is 2.78. The van der Waals surface area contributed by atoms with E-state index in [9.17, 15) is 21.6 Å². The van der Waals surface area contributed by atoms with Gasteiger partial charge in [0.25, 0.3) is 0 Å². The van der Waals surface area contributed by atoms with E-state index in [0.29, 0.717) is 6.61 Å². The van der Waals surface area contributed by atoms with Crippen LogP contribution in [-0.2, 0) is 28.5 Å². The highest BCUT2D eigenvalue weighted by atomic mass is 32.2. The minimum atomic E-state index is -5.83. The molecular weight excluding hydrogens is 467 g/mol. The molecule has 9 nitrogen and oxygen atoms in total. The zero-order valence-corrected chi connectivity index (χ0v) is 20.2. The molecule has 0 saturated carbocycles. The molecule has 0 radical (unpaired) electrons. The van der Waals surface area contributed by atoms with E-state index in [2.05, 4.69) is 21.1 Å². The molecule has 0 bridgehead atoms. The molecule has 0 aromatic heterocycles. The maximum atomic E-state index is 12.5. The molecule has 0 spiro atoms. The second-order valence-corrected chi connectivity index (χ2v) is 8.93. The molecule has 0 aliphatic heterocycles. The molecule has 0 amide bonds. The first-order chi connectivity index (χ1) is 15.7. The molecule has 0 N–H and O–H groups in total. The van der Waals surface area contributed by atoms with Crippen molar-refractivity contribution in [3.63, 3.8) is 0 Å². The van der Waals surface area contributed by atoms with Crippen LogP contribution >= 0.6 is 0 Å². The van der Waals surface area contributed by atoms with Crippen molar-refractivity contribution in [3.8, 4) is 0 Å². The van der Waals surface area contributed by atoms with Crippen LogP contribution in [0.3, 0.4) is 0 Å². The molecule has 0 aliphatic carbocycles. The first-order valence-corrected chi connectivity index (χ1v) is 12.4. The van der Waals surface area contributed by atoms with Gasteiger partial charge in [0.1, 0.15) is 6.79 Å². The number of nitrogens with zero attached hydrogens (tertiary/aromatic N) is 3. The highest BCUT2D eigenvalue weighted by molar-refractivity contribution is 7.87. The van der Waals surface area contributed by atoms with Gasteiger partial charge in [-0.2, -0.15) is 21.6 Å². The molecule has 33 heavy (non-hydrogen) atoms. The van der Waals surface area contributed by atoms with Gasteiger partial charge in [0.05, 0.1) is 25.4 Å². The molecule has 0 heterocycles. The van der Waals surface area contributed by atoms with Gasteiger partial charge < -0.3 is 14.2 Å². The summed E-state index contributed by atoms with van der Waals surface area (Å²) in [6.45, 7) is 1.63. The maximum absolute atomic E-state index is 12.5. The van der Waals surface area contributed by atoms with Gasteiger partial charge >= 0.3 is 15.6 Å². The van der Waals surface area contributed by atoms with Crippen LogP contribution in [0.15, 0.2) is 17.3 Å². The summed E-state index contributed by atoms with van der Waals surface area (Å²) in [5.41, 5.74) is 3.09. The van der Waals surface area contributed by atoms with Crippen molar-refractivity contribution in [3.05, 3.63) is 22.6 Å². The summed E-state index contributed by atoms with van der Waals surface area (Å²) >= 11 is 0. The van der Waals surface area contributed by atoms with E-state index in [1.807, 2.05) is 0 Å². The van der Waals surface area contributed by atoms with Crippen LogP contribution in [0.2, 0.25) is 0 Å². The fraction of sp³-hybridized carbons (Fsp3) is 0.900. The van der Waals surface area contributed by atoms with Crippen LogP contribution in [0.5, 0.6) is 0 Å². The molecule has 194 valence electrons. The summed E-state index contributed by atoms with van der Waals surface area (Å²) < 4.78 is 79.1. The fourth-order valence-corrected chi connectivity index (χ4v) is 3.24. The van der Waals surface area contributed by atoms with Crippen LogP contribution in [0.4, 0.5) is 13.2 Å². The van der Waals surface area contributed by atoms with Gasteiger partial charge in [0.2, 0.25) is 0 Å². The maximum Gasteiger partial charge on any atom is 0.523 e. The van der Waals surface area contributed by atoms with Crippen molar-refractivity contribution in [1.82, 2.24) is 0 Å². The Kier molecular flexibility index (Phi) is 18.2. The van der Waals surface area contributed by atoms with Crippen molar-refractivity contribution in [1.29, 1.82) is 0 Å². The number of ether oxygens (including phenoxy) is 3. The smallest absolute Gasteiger partial charge is 0.377 e. The summed E-state index contributed by atoms with van der Waals surface area (Å²) in [7, 11) is -4.51. The number of halogens is 3. The molecule has 0 aliphatic rings. The standard InChI is InChI=1S/C20H36F3N3O6S/c1-3-4-5-6-7-8-9-10-11-14-30-15-12-13-19(31-17-29-2)18(25-26-24)16-32-33(27,28)20(21,22)23/h12-13,18-19H,3-11,14-17H2,1-2H3/b13-12+/t18-,19+/m0/s1. The number of hydrogen-bond donors (Lipinski definition) is 0. The zero-order chi connectivity index (χ0) is 25.0. The van der Waals surface area contributed by atoms with Gasteiger partial charge in [0.15, 0.2) is 0 Å². The minimum absolute atomic E-state index is 0.203. The molecular formula is C20H36F3N3O6S. The van der Waals surface area contributed by atoms with Gasteiger partial charge in [-0.3, -0.25) is 4.18 Å². The van der Waals surface area contributed by atoms with Crippen LogP contribution in [0, 0.1) is 0 Å². The number of alkyl halides is 3. The van der Waals surface area contributed by atoms with Crippen LogP contribution in [0.25, 0.3) is 10.4 Å². The van der Waals surface area contributed by atoms with E-state index >= 15 is 0 Å². The Hall–Kier alpha value is -1.37. The van der Waals surface area contributed by atoms with Crippen molar-refractivity contribution < 1.29 is 40.0 Å². The van der Waals surface area contributed by atoms with E-state index in [1.165, 1.54) is 51.7 Å². The first-order valence-electron chi connectivity index (χ1n) is 11.0. The number of unbranched alkanes of at least 4 members (excludes halogenated alkanes) is 8. The topological polar surface area (TPSA) is 120 Å². The average molecular weight is 504 g/mol. The van der Waals surface area contributed by atoms with E-state index in [4.69, 9.17) is 19.7 Å². The predicted octanol–water partition coefficient (Wildman–Crippen LogP) is 5.62. The lowest BCUT2D eigenvalue weighted by atomic mass is 10.1. The summed E-state index contributed by atoms with van der Waals surface area (Å²) in [5, 5.41) is 3.29. The van der Waals surface area contributed by atoms with Gasteiger partial charge in [-0.1, -0.05) is 75.6 Å². The first kappa shape index (κ1) is 31.6. The SMILES string of the molecule is CCCCCCCCCCCOC/C=C/[C@@H](OCOC)[C@H](COS(=O)(=O)C(F)(F)F)N=[N+]=[N-]. The third-order valence-corrected chi connectivity index (χ3v) is 5.58. The van der Waals surface area contributed by atoms with Crippen LogP contribution in [0.1, 0.15) is 64.7 Å². The van der Waals surface area contributed by atoms with Crippen LogP contribution in [-0.4, -0.2) is 59.8 Å². The van der Waals surface area contributed by atoms with E-state index < -0.39 is 34.4 Å². The monoisotopic (exact) mass is 503 g/mol. The summed E-state index contributed by atoms with van der Waals surface area (Å²) in [4.78, 5) is 2.52. The molecule has 2 atom stereocenters. The van der Waals surface area contributed by atoms with E-state index in [0.717, 1.165) is 19.3 Å². The van der Waals surface area contributed by atoms with Crippen molar-refractivity contribution in [2.45, 2.75) is 82.4 Å². The molecule has 0 rings (SSSR count). The summed E-state index contributed by atoms with van der Waals surface area (Å²) in [5.74, 6) is 0. The Morgan fingerprint density at radius 2 is 1.67 bits per heavy atom. The normalized spacial score (nSPS) is 14.3. The molecule has 0 unspecified atom stereocenters. The third-order valence-electron chi connectivity index (χ3n) is 4.57. The van der Waals surface area contributed by atoms with E-state index in [1.54, 1.807) is 6.08 Å². The van der Waals surface area contributed by atoms with Crippen molar-refractivity contribution >= 4 is 10.1 Å². The summed E-state index contributed by atoms with van der Waals surface area (Å²) in [6.07, 6.45) is 12.6. The highest BCUT2D eigenvalue weighted by Gasteiger charge is 2.47. The highest BCUT2D eigenvalue weighted by Crippen LogP contribution is 2.25. The Morgan fingerprint density at radius 3 is 2.21 bits per heavy atom. The lowest BCUT2D eigenvalue weighted by molar-refractivity contribution is -0.0701. The average Bonchev–Trinajstić information content (AvgIpc) is 2.76. The predicted molar refractivity (Wildman–Crippen MR) is 118 cm³/mol. The number of hydrogen-bond acceptors (Lipinski definition) is 7. The molecule has 0 aromatic rings. The van der Waals surface area contributed by atoms with Crippen LogP contribution < -0.4 is 0 Å². The van der Waals surface area contributed by atoms with Gasteiger partial charge in [0, 0.05) is 18.6 Å². The summed E-state index contributed by atoms with van der Waals surface area (Å²) in [6, 6.07) is -1.38. The van der Waals surface area contributed by atoms with Gasteiger partial charge in [-0.25, -0.2) is 0 Å². The lowest BCUT2D eigenvalue weighted by Crippen LogP contribution is -2.34. The largest absolute Gasteiger partial charge is 0.523 e. The van der Waals surface area contributed by atoms with E-state index in [-0.39, 0.29) is 13.4 Å².